The van der Waals surface area contributed by atoms with Crippen LogP contribution in [0.1, 0.15) is 5.56 Å². The quantitative estimate of drug-likeness (QED) is 0.722. The van der Waals surface area contributed by atoms with Crippen molar-refractivity contribution in [2.45, 2.75) is 6.42 Å². The summed E-state index contributed by atoms with van der Waals surface area (Å²) in [6, 6.07) is 7.94. The topological polar surface area (TPSA) is 32.7 Å². The largest absolute Gasteiger partial charge is 0.394 e. The molecule has 0 aliphatic carbocycles. The van der Waals surface area contributed by atoms with Gasteiger partial charge in [-0.15, -0.1) is 0 Å². The first-order valence-corrected chi connectivity index (χ1v) is 6.22. The Morgan fingerprint density at radius 2 is 1.88 bits per heavy atom. The first kappa shape index (κ1) is 14.5. The molecule has 4 heteroatoms. The molecule has 0 heterocycles. The Kier molecular flexibility index (Phi) is 7.21. The minimum absolute atomic E-state index is 0.0918. The van der Waals surface area contributed by atoms with Gasteiger partial charge in [0.25, 0.3) is 0 Å². The molecule has 0 spiro atoms. The zero-order valence-corrected chi connectivity index (χ0v) is 11.0. The van der Waals surface area contributed by atoms with Crippen molar-refractivity contribution in [3.05, 3.63) is 34.9 Å². The van der Waals surface area contributed by atoms with Gasteiger partial charge in [0.1, 0.15) is 0 Å². The van der Waals surface area contributed by atoms with E-state index in [0.29, 0.717) is 13.2 Å². The average Bonchev–Trinajstić information content (AvgIpc) is 2.34. The number of aliphatic hydroxyl groups excluding tert-OH is 1. The summed E-state index contributed by atoms with van der Waals surface area (Å²) < 4.78 is 5.21. The number of nitrogens with zero attached hydrogens (tertiary/aromatic N) is 1. The maximum absolute atomic E-state index is 8.56. The Morgan fingerprint density at radius 1 is 1.18 bits per heavy atom. The Bertz CT molecular complexity index is 303. The summed E-state index contributed by atoms with van der Waals surface area (Å²) in [4.78, 5) is 2.21. The zero-order valence-electron chi connectivity index (χ0n) is 10.2. The van der Waals surface area contributed by atoms with Gasteiger partial charge in [0.2, 0.25) is 0 Å². The number of hydrogen-bond donors (Lipinski definition) is 1. The lowest BCUT2D eigenvalue weighted by molar-refractivity contribution is 0.0786. The lowest BCUT2D eigenvalue weighted by atomic mass is 10.1. The second-order valence-electron chi connectivity index (χ2n) is 4.02. The molecule has 1 aromatic carbocycles. The van der Waals surface area contributed by atoms with E-state index in [1.165, 1.54) is 5.56 Å². The second-order valence-corrected chi connectivity index (χ2v) is 4.45. The maximum Gasteiger partial charge on any atom is 0.0698 e. The van der Waals surface area contributed by atoms with Gasteiger partial charge in [-0.25, -0.2) is 0 Å². The van der Waals surface area contributed by atoms with E-state index in [0.717, 1.165) is 24.5 Å². The normalized spacial score (nSPS) is 11.1. The summed E-state index contributed by atoms with van der Waals surface area (Å²) >= 11 is 5.83. The Hall–Kier alpha value is -0.610. The number of ether oxygens (including phenoxy) is 1. The summed E-state index contributed by atoms with van der Waals surface area (Å²) in [5, 5.41) is 9.33. The molecule has 0 saturated carbocycles. The lowest BCUT2D eigenvalue weighted by Gasteiger charge is -2.16. The van der Waals surface area contributed by atoms with E-state index in [-0.39, 0.29) is 6.61 Å². The molecular formula is C13H20ClNO2. The Morgan fingerprint density at radius 3 is 2.53 bits per heavy atom. The van der Waals surface area contributed by atoms with Crippen LogP contribution < -0.4 is 0 Å². The average molecular weight is 258 g/mol. The molecule has 0 atom stereocenters. The van der Waals surface area contributed by atoms with Gasteiger partial charge in [0, 0.05) is 18.1 Å². The zero-order chi connectivity index (χ0) is 12.5. The van der Waals surface area contributed by atoms with Gasteiger partial charge in [-0.1, -0.05) is 23.7 Å². The third-order valence-electron chi connectivity index (χ3n) is 2.55. The highest BCUT2D eigenvalue weighted by atomic mass is 35.5. The maximum atomic E-state index is 8.56. The third-order valence-corrected chi connectivity index (χ3v) is 2.80. The summed E-state index contributed by atoms with van der Waals surface area (Å²) in [6.07, 6.45) is 1.01. The van der Waals surface area contributed by atoms with Crippen LogP contribution in [0.5, 0.6) is 0 Å². The summed E-state index contributed by atoms with van der Waals surface area (Å²) in [5.41, 5.74) is 1.29. The standard InChI is InChI=1S/C13H20ClNO2/c1-15(8-10-17-11-9-16)7-6-12-2-4-13(14)5-3-12/h2-5,16H,6-11H2,1H3. The van der Waals surface area contributed by atoms with Gasteiger partial charge in [-0.05, 0) is 31.2 Å². The predicted octanol–water partition coefficient (Wildman–Crippen LogP) is 1.82. The molecule has 0 fully saturated rings. The van der Waals surface area contributed by atoms with Gasteiger partial charge in [-0.2, -0.15) is 0 Å². The van der Waals surface area contributed by atoms with E-state index in [9.17, 15) is 0 Å². The van der Waals surface area contributed by atoms with Gasteiger partial charge in [0.15, 0.2) is 0 Å². The molecular weight excluding hydrogens is 238 g/mol. The van der Waals surface area contributed by atoms with Crippen LogP contribution in [0.15, 0.2) is 24.3 Å². The van der Waals surface area contributed by atoms with Crippen LogP contribution in [0.2, 0.25) is 5.02 Å². The van der Waals surface area contributed by atoms with Crippen LogP contribution >= 0.6 is 11.6 Å². The minimum Gasteiger partial charge on any atom is -0.394 e. The van der Waals surface area contributed by atoms with Gasteiger partial charge in [-0.3, -0.25) is 0 Å². The Balaban J connectivity index is 2.14. The highest BCUT2D eigenvalue weighted by molar-refractivity contribution is 6.30. The number of aliphatic hydroxyl groups is 1. The van der Waals surface area contributed by atoms with Gasteiger partial charge >= 0.3 is 0 Å². The summed E-state index contributed by atoms with van der Waals surface area (Å²) in [5.74, 6) is 0. The van der Waals surface area contributed by atoms with Gasteiger partial charge in [0.05, 0.1) is 19.8 Å². The predicted molar refractivity (Wildman–Crippen MR) is 70.6 cm³/mol. The van der Waals surface area contributed by atoms with Crippen LogP contribution in [0.25, 0.3) is 0 Å². The fraction of sp³-hybridized carbons (Fsp3) is 0.538. The SMILES string of the molecule is CN(CCOCCO)CCc1ccc(Cl)cc1. The fourth-order valence-electron chi connectivity index (χ4n) is 1.47. The van der Waals surface area contributed by atoms with Crippen molar-refractivity contribution in [1.82, 2.24) is 4.90 Å². The van der Waals surface area contributed by atoms with Crippen molar-refractivity contribution in [3.8, 4) is 0 Å². The number of likely N-dealkylation sites (N-methyl/N-ethyl adjacent to an activating group) is 1. The highest BCUT2D eigenvalue weighted by Crippen LogP contribution is 2.10. The molecule has 0 bridgehead atoms. The molecule has 0 aliphatic heterocycles. The highest BCUT2D eigenvalue weighted by Gasteiger charge is 1.99. The van der Waals surface area contributed by atoms with Crippen LogP contribution in [-0.4, -0.2) is 50.0 Å². The number of benzene rings is 1. The number of hydrogen-bond acceptors (Lipinski definition) is 3. The van der Waals surface area contributed by atoms with Crippen molar-refractivity contribution in [3.63, 3.8) is 0 Å². The molecule has 0 aliphatic rings. The van der Waals surface area contributed by atoms with Crippen molar-refractivity contribution < 1.29 is 9.84 Å². The first-order valence-electron chi connectivity index (χ1n) is 5.84. The Labute approximate surface area is 108 Å². The molecule has 96 valence electrons. The van der Waals surface area contributed by atoms with E-state index < -0.39 is 0 Å². The van der Waals surface area contributed by atoms with Crippen molar-refractivity contribution >= 4 is 11.6 Å². The van der Waals surface area contributed by atoms with E-state index in [1.54, 1.807) is 0 Å². The van der Waals surface area contributed by atoms with Crippen LogP contribution in [0.3, 0.4) is 0 Å². The lowest BCUT2D eigenvalue weighted by Crippen LogP contribution is -2.25. The number of rotatable bonds is 8. The monoisotopic (exact) mass is 257 g/mol. The van der Waals surface area contributed by atoms with Crippen molar-refractivity contribution in [2.24, 2.45) is 0 Å². The van der Waals surface area contributed by atoms with Crippen LogP contribution in [-0.2, 0) is 11.2 Å². The van der Waals surface area contributed by atoms with Crippen LogP contribution in [0, 0.1) is 0 Å². The second kappa shape index (κ2) is 8.48. The summed E-state index contributed by atoms with van der Waals surface area (Å²) in [7, 11) is 2.07. The van der Waals surface area contributed by atoms with Crippen molar-refractivity contribution in [1.29, 1.82) is 0 Å². The summed E-state index contributed by atoms with van der Waals surface area (Å²) in [6.45, 7) is 3.05. The number of halogens is 1. The smallest absolute Gasteiger partial charge is 0.0698 e. The molecule has 1 aromatic rings. The third kappa shape index (κ3) is 6.64. The molecule has 1 N–H and O–H groups in total. The fourth-order valence-corrected chi connectivity index (χ4v) is 1.60. The molecule has 17 heavy (non-hydrogen) atoms. The van der Waals surface area contributed by atoms with E-state index >= 15 is 0 Å². The molecule has 0 radical (unpaired) electrons. The first-order chi connectivity index (χ1) is 8.22. The molecule has 0 amide bonds. The van der Waals surface area contributed by atoms with E-state index in [1.807, 2.05) is 12.1 Å². The van der Waals surface area contributed by atoms with Gasteiger partial charge < -0.3 is 14.7 Å². The molecule has 0 unspecified atom stereocenters. The van der Waals surface area contributed by atoms with Crippen LogP contribution in [0.4, 0.5) is 0 Å². The van der Waals surface area contributed by atoms with E-state index in [4.69, 9.17) is 21.4 Å². The minimum atomic E-state index is 0.0918. The molecule has 1 rings (SSSR count). The molecule has 0 saturated heterocycles. The molecule has 0 aromatic heterocycles. The molecule has 3 nitrogen and oxygen atoms in total. The van der Waals surface area contributed by atoms with Crippen molar-refractivity contribution in [2.75, 3.05) is 40.0 Å². The van der Waals surface area contributed by atoms with E-state index in [2.05, 4.69) is 24.1 Å².